The van der Waals surface area contributed by atoms with Gasteiger partial charge in [0, 0.05) is 23.7 Å². The van der Waals surface area contributed by atoms with Crippen molar-refractivity contribution in [1.29, 1.82) is 0 Å². The quantitative estimate of drug-likeness (QED) is 0.719. The van der Waals surface area contributed by atoms with Crippen LogP contribution in [0.15, 0.2) is 72.8 Å². The highest BCUT2D eigenvalue weighted by atomic mass is 16.5. The second-order valence-corrected chi connectivity index (χ2v) is 6.11. The van der Waals surface area contributed by atoms with Crippen LogP contribution in [-0.4, -0.2) is 19.1 Å². The molecule has 0 bridgehead atoms. The van der Waals surface area contributed by atoms with Gasteiger partial charge in [-0.25, -0.2) is 0 Å². The minimum atomic E-state index is -0.198. The maximum Gasteiger partial charge on any atom is 0.255 e. The van der Waals surface area contributed by atoms with Crippen molar-refractivity contribution in [1.82, 2.24) is 0 Å². The maximum atomic E-state index is 12.5. The minimum absolute atomic E-state index is 0.198. The van der Waals surface area contributed by atoms with Crippen LogP contribution in [0, 0.1) is 0 Å². The largest absolute Gasteiger partial charge is 0.490 e. The van der Waals surface area contributed by atoms with Gasteiger partial charge in [0.1, 0.15) is 11.5 Å². The first-order valence-electron chi connectivity index (χ1n) is 8.82. The Labute approximate surface area is 157 Å². The van der Waals surface area contributed by atoms with Crippen LogP contribution in [0.3, 0.4) is 0 Å². The van der Waals surface area contributed by atoms with Crippen molar-refractivity contribution in [2.75, 3.05) is 18.5 Å². The van der Waals surface area contributed by atoms with Crippen LogP contribution in [0.2, 0.25) is 0 Å². The number of amides is 1. The van der Waals surface area contributed by atoms with Crippen LogP contribution in [-0.2, 0) is 0 Å². The zero-order chi connectivity index (χ0) is 18.5. The fraction of sp³-hybridized carbons (Fsp3) is 0.136. The van der Waals surface area contributed by atoms with Crippen LogP contribution in [0.5, 0.6) is 23.0 Å². The van der Waals surface area contributed by atoms with E-state index in [-0.39, 0.29) is 5.91 Å². The first-order chi connectivity index (χ1) is 13.3. The molecule has 1 amide bonds. The molecule has 1 aliphatic heterocycles. The summed E-state index contributed by atoms with van der Waals surface area (Å²) < 4.78 is 17.0. The molecule has 1 heterocycles. The monoisotopic (exact) mass is 361 g/mol. The number of para-hydroxylation sites is 1. The Morgan fingerprint density at radius 3 is 2.30 bits per heavy atom. The van der Waals surface area contributed by atoms with Gasteiger partial charge in [0.2, 0.25) is 0 Å². The number of carbonyl (C=O) groups is 1. The number of hydrogen-bond acceptors (Lipinski definition) is 4. The van der Waals surface area contributed by atoms with Gasteiger partial charge in [-0.3, -0.25) is 4.79 Å². The maximum absolute atomic E-state index is 12.5. The summed E-state index contributed by atoms with van der Waals surface area (Å²) in [6.45, 7) is 1.24. The van der Waals surface area contributed by atoms with Gasteiger partial charge in [-0.1, -0.05) is 18.2 Å². The molecular weight excluding hydrogens is 342 g/mol. The van der Waals surface area contributed by atoms with Gasteiger partial charge in [-0.15, -0.1) is 0 Å². The van der Waals surface area contributed by atoms with Gasteiger partial charge in [-0.05, 0) is 48.5 Å². The molecule has 1 N–H and O–H groups in total. The summed E-state index contributed by atoms with van der Waals surface area (Å²) in [6.07, 6.45) is 0.841. The third-order valence-electron chi connectivity index (χ3n) is 4.10. The molecule has 0 spiro atoms. The van der Waals surface area contributed by atoms with E-state index in [1.165, 1.54) is 0 Å². The second-order valence-electron chi connectivity index (χ2n) is 6.11. The molecule has 0 fully saturated rings. The molecule has 27 heavy (non-hydrogen) atoms. The van der Waals surface area contributed by atoms with Gasteiger partial charge < -0.3 is 19.5 Å². The lowest BCUT2D eigenvalue weighted by Crippen LogP contribution is -2.11. The first-order valence-corrected chi connectivity index (χ1v) is 8.82. The first kappa shape index (κ1) is 17.0. The van der Waals surface area contributed by atoms with Crippen molar-refractivity contribution in [3.8, 4) is 23.0 Å². The van der Waals surface area contributed by atoms with Crippen molar-refractivity contribution in [2.24, 2.45) is 0 Å². The number of anilines is 1. The number of carbonyl (C=O) groups excluding carboxylic acids is 1. The van der Waals surface area contributed by atoms with E-state index < -0.39 is 0 Å². The minimum Gasteiger partial charge on any atom is -0.490 e. The standard InChI is InChI=1S/C22H19NO4/c24-22(23-17-9-12-20-21(15-17)26-14-4-13-25-20)16-7-10-19(11-8-16)27-18-5-2-1-3-6-18/h1-3,5-12,15H,4,13-14H2,(H,23,24). The molecule has 0 saturated carbocycles. The number of benzene rings is 3. The van der Waals surface area contributed by atoms with E-state index in [1.54, 1.807) is 36.4 Å². The molecule has 4 rings (SSSR count). The molecule has 0 unspecified atom stereocenters. The van der Waals surface area contributed by atoms with Gasteiger partial charge in [0.05, 0.1) is 13.2 Å². The molecule has 3 aromatic carbocycles. The number of ether oxygens (including phenoxy) is 3. The summed E-state index contributed by atoms with van der Waals surface area (Å²) >= 11 is 0. The summed E-state index contributed by atoms with van der Waals surface area (Å²) in [7, 11) is 0. The normalized spacial score (nSPS) is 12.7. The lowest BCUT2D eigenvalue weighted by Gasteiger charge is -2.11. The van der Waals surface area contributed by atoms with Crippen LogP contribution in [0.4, 0.5) is 5.69 Å². The van der Waals surface area contributed by atoms with Gasteiger partial charge in [-0.2, -0.15) is 0 Å². The van der Waals surface area contributed by atoms with Crippen LogP contribution >= 0.6 is 0 Å². The van der Waals surface area contributed by atoms with Crippen molar-refractivity contribution < 1.29 is 19.0 Å². The van der Waals surface area contributed by atoms with Crippen molar-refractivity contribution in [3.63, 3.8) is 0 Å². The fourth-order valence-corrected chi connectivity index (χ4v) is 2.74. The number of rotatable bonds is 4. The number of nitrogens with one attached hydrogen (secondary N) is 1. The topological polar surface area (TPSA) is 56.8 Å². The summed E-state index contributed by atoms with van der Waals surface area (Å²) in [5, 5.41) is 2.88. The zero-order valence-corrected chi connectivity index (χ0v) is 14.7. The van der Waals surface area contributed by atoms with E-state index >= 15 is 0 Å². The predicted molar refractivity (Wildman–Crippen MR) is 103 cm³/mol. The predicted octanol–water partition coefficient (Wildman–Crippen LogP) is 4.89. The van der Waals surface area contributed by atoms with Crippen LogP contribution in [0.1, 0.15) is 16.8 Å². The van der Waals surface area contributed by atoms with E-state index in [0.717, 1.165) is 12.2 Å². The average molecular weight is 361 g/mol. The molecule has 0 saturated heterocycles. The lowest BCUT2D eigenvalue weighted by molar-refractivity contribution is 0.102. The smallest absolute Gasteiger partial charge is 0.255 e. The number of hydrogen-bond donors (Lipinski definition) is 1. The molecule has 136 valence electrons. The molecule has 0 radical (unpaired) electrons. The van der Waals surface area contributed by atoms with Crippen LogP contribution < -0.4 is 19.5 Å². The van der Waals surface area contributed by atoms with Gasteiger partial charge in [0.15, 0.2) is 11.5 Å². The lowest BCUT2D eigenvalue weighted by atomic mass is 10.2. The van der Waals surface area contributed by atoms with E-state index in [2.05, 4.69) is 5.32 Å². The molecule has 1 aliphatic rings. The molecule has 5 nitrogen and oxygen atoms in total. The van der Waals surface area contributed by atoms with Gasteiger partial charge in [0.25, 0.3) is 5.91 Å². The van der Waals surface area contributed by atoms with E-state index in [4.69, 9.17) is 14.2 Å². The highest BCUT2D eigenvalue weighted by Gasteiger charge is 2.13. The van der Waals surface area contributed by atoms with E-state index in [0.29, 0.717) is 41.7 Å². The Hall–Kier alpha value is -3.47. The Morgan fingerprint density at radius 1 is 0.815 bits per heavy atom. The molecule has 3 aromatic rings. The molecule has 0 atom stereocenters. The molecule has 5 heteroatoms. The molecule has 0 aromatic heterocycles. The summed E-state index contributed by atoms with van der Waals surface area (Å²) in [4.78, 5) is 12.5. The number of fused-ring (bicyclic) bond motifs is 1. The molecule has 0 aliphatic carbocycles. The van der Waals surface area contributed by atoms with Gasteiger partial charge >= 0.3 is 0 Å². The highest BCUT2D eigenvalue weighted by Crippen LogP contribution is 2.32. The van der Waals surface area contributed by atoms with Crippen molar-refractivity contribution in [3.05, 3.63) is 78.4 Å². The highest BCUT2D eigenvalue weighted by molar-refractivity contribution is 6.04. The Morgan fingerprint density at radius 2 is 1.52 bits per heavy atom. The Kier molecular flexibility index (Phi) is 4.92. The van der Waals surface area contributed by atoms with E-state index in [1.807, 2.05) is 36.4 Å². The third-order valence-corrected chi connectivity index (χ3v) is 4.10. The summed E-state index contributed by atoms with van der Waals surface area (Å²) in [5.74, 6) is 2.58. The Bertz CT molecular complexity index is 923. The van der Waals surface area contributed by atoms with Crippen molar-refractivity contribution in [2.45, 2.75) is 6.42 Å². The fourth-order valence-electron chi connectivity index (χ4n) is 2.74. The third kappa shape index (κ3) is 4.20. The van der Waals surface area contributed by atoms with E-state index in [9.17, 15) is 4.79 Å². The Balaban J connectivity index is 1.43. The van der Waals surface area contributed by atoms with Crippen molar-refractivity contribution >= 4 is 11.6 Å². The zero-order valence-electron chi connectivity index (χ0n) is 14.7. The summed E-state index contributed by atoms with van der Waals surface area (Å²) in [6, 6.07) is 21.9. The second kappa shape index (κ2) is 7.83. The average Bonchev–Trinajstić information content (AvgIpc) is 2.94. The summed E-state index contributed by atoms with van der Waals surface area (Å²) in [5.41, 5.74) is 1.20. The molecular formula is C22H19NO4. The SMILES string of the molecule is O=C(Nc1ccc2c(c1)OCCCO2)c1ccc(Oc2ccccc2)cc1. The van der Waals surface area contributed by atoms with Crippen LogP contribution in [0.25, 0.3) is 0 Å².